The molecule has 0 aliphatic heterocycles. The average molecular weight is 1300 g/mol. The molecular formula is C68H139K3N7O8-3. The number of ether oxygens (including phenoxy) is 2. The minimum absolute atomic E-state index is 0. The number of rotatable bonds is 21. The molecule has 8 N–H and O–H groups in total. The number of carboxylic acid groups (broad SMARTS) is 2. The Labute approximate surface area is 661 Å². The monoisotopic (exact) mass is 1300 g/mol. The topological polar surface area (TPSA) is 272 Å². The van der Waals surface area contributed by atoms with Crippen LogP contribution in [0.25, 0.3) is 34.0 Å². The van der Waals surface area contributed by atoms with Gasteiger partial charge in [0.25, 0.3) is 0 Å². The standard InChI is InChI=1S/C15H26NO4.C15H24O4.C10H23N.2C10H22N.C8H18N.3K.2H2N/c1-9(2)11-5-7-15(14(18)19,13(11)10(3)4)20-12(17)6-8-16;1-6-12(16)19-15(14(17)18)8-7-11(9(2)3)13(15)10(4)5;3*1-9(2,3)7-11-8-10(4,5)6;1-7(2)5-9-6-8(3)4;;;;;/h9-11,13,16H,5-8H2,1-4H3,(H,18,19);6,9-11,13H,1,7-8H2,2-5H3,(H,17,18);11H,7-8H2,1-6H3;2*7-8H2,1-6H3;7-8H,5-6H2,1-4H3;;;;2*1H2/q-1;;;3*-1;3*+1;2*-1/t2*11?,13?,15-;;;;;;;;;/m11........./s1. The molecule has 0 aromatic rings. The van der Waals surface area contributed by atoms with E-state index in [0.29, 0.717) is 57.2 Å². The molecule has 0 amide bonds. The zero-order valence-corrected chi connectivity index (χ0v) is 72.2. The molecule has 6 atom stereocenters. The van der Waals surface area contributed by atoms with Crippen LogP contribution < -0.4 is 159 Å². The van der Waals surface area contributed by atoms with Crippen molar-refractivity contribution in [3.63, 3.8) is 0 Å². The summed E-state index contributed by atoms with van der Waals surface area (Å²) >= 11 is 0. The normalized spacial score (nSPS) is 20.2. The van der Waals surface area contributed by atoms with Gasteiger partial charge < -0.3 is 59.0 Å². The van der Waals surface area contributed by atoms with Gasteiger partial charge in [-0.2, -0.15) is 0 Å². The predicted octanol–water partition coefficient (Wildman–Crippen LogP) is 10.7. The van der Waals surface area contributed by atoms with Crippen molar-refractivity contribution in [1.29, 1.82) is 0 Å². The third kappa shape index (κ3) is 54.5. The summed E-state index contributed by atoms with van der Waals surface area (Å²) in [5.41, 5.74) is 6.50. The van der Waals surface area contributed by atoms with E-state index in [9.17, 15) is 29.4 Å². The van der Waals surface area contributed by atoms with E-state index in [1.54, 1.807) is 0 Å². The summed E-state index contributed by atoms with van der Waals surface area (Å²) in [6, 6.07) is 0. The minimum Gasteiger partial charge on any atom is -0.693 e. The van der Waals surface area contributed by atoms with Crippen molar-refractivity contribution in [2.75, 3.05) is 58.9 Å². The molecule has 2 aliphatic rings. The second kappa shape index (κ2) is 50.6. The van der Waals surface area contributed by atoms with Gasteiger partial charge in [0.15, 0.2) is 0 Å². The largest absolute Gasteiger partial charge is 1.00 e. The predicted molar refractivity (Wildman–Crippen MR) is 358 cm³/mol. The molecule has 0 radical (unpaired) electrons. The Balaban J connectivity index is -0.000000120. The van der Waals surface area contributed by atoms with Gasteiger partial charge in [0.2, 0.25) is 11.2 Å². The SMILES string of the molecule is C=CC(=O)O[C@]1(C(=O)O)CCC(C(C)C)C1C(C)C.CC(C)(C)CNCC(C)(C)C.CC(C)(C)C[N-]CC(C)(C)C.CC(C)(C)C[N-]CC(C)(C)C.CC(C)C1CC[C@](OC(=O)CC[NH-])(C(=O)O)C1C(C)C.CC(C)C[N-]CC(C)C.[K+].[K+].[K+].[NH2-].[NH2-]. The first kappa shape index (κ1) is 107. The smallest absolute Gasteiger partial charge is 0.693 e. The first-order valence-corrected chi connectivity index (χ1v) is 31.1. The second-order valence-corrected chi connectivity index (χ2v) is 32.8. The van der Waals surface area contributed by atoms with Crippen molar-refractivity contribution >= 4 is 23.9 Å². The molecule has 0 saturated heterocycles. The van der Waals surface area contributed by atoms with Crippen LogP contribution in [0.2, 0.25) is 0 Å². The van der Waals surface area contributed by atoms with Gasteiger partial charge in [0.1, 0.15) is 0 Å². The van der Waals surface area contributed by atoms with Crippen LogP contribution in [0.3, 0.4) is 0 Å². The van der Waals surface area contributed by atoms with E-state index in [1.807, 2.05) is 27.7 Å². The molecule has 15 nitrogen and oxygen atoms in total. The maximum atomic E-state index is 11.8. The Morgan fingerprint density at radius 1 is 0.512 bits per heavy atom. The Hall–Kier alpha value is 2.25. The van der Waals surface area contributed by atoms with Gasteiger partial charge in [-0.1, -0.05) is 248 Å². The minimum atomic E-state index is -1.41. The van der Waals surface area contributed by atoms with Crippen LogP contribution in [-0.2, 0) is 28.7 Å². The summed E-state index contributed by atoms with van der Waals surface area (Å²) in [6.07, 6.45) is 3.28. The van der Waals surface area contributed by atoms with Gasteiger partial charge in [-0.05, 0) is 72.0 Å². The number of hydrogen-bond donors (Lipinski definition) is 3. The molecule has 0 aromatic heterocycles. The van der Waals surface area contributed by atoms with Gasteiger partial charge in [0, 0.05) is 37.4 Å². The van der Waals surface area contributed by atoms with E-state index in [4.69, 9.17) is 15.2 Å². The summed E-state index contributed by atoms with van der Waals surface area (Å²) in [5, 5.41) is 36.2. The molecule has 0 bridgehead atoms. The molecule has 2 rings (SSSR count). The zero-order chi connectivity index (χ0) is 64.9. The number of nitrogens with zero attached hydrogens (tertiary/aromatic N) is 3. The van der Waals surface area contributed by atoms with Crippen molar-refractivity contribution < 1.29 is 193 Å². The number of carbonyl (C=O) groups is 4. The van der Waals surface area contributed by atoms with Gasteiger partial charge in [-0.25, -0.2) is 14.4 Å². The molecular weight excluding hydrogens is 1160 g/mol. The van der Waals surface area contributed by atoms with Gasteiger partial charge >= 0.3 is 178 Å². The van der Waals surface area contributed by atoms with Crippen LogP contribution in [0.4, 0.5) is 0 Å². The van der Waals surface area contributed by atoms with Crippen LogP contribution in [0, 0.1) is 91.7 Å². The Morgan fingerprint density at radius 3 is 0.988 bits per heavy atom. The summed E-state index contributed by atoms with van der Waals surface area (Å²) in [6.45, 7) is 76.7. The Bertz CT molecular complexity index is 1620. The van der Waals surface area contributed by atoms with E-state index in [-0.39, 0.29) is 215 Å². The van der Waals surface area contributed by atoms with Crippen molar-refractivity contribution in [1.82, 2.24) is 5.32 Å². The molecule has 18 heteroatoms. The number of aliphatic carboxylic acids is 2. The number of carboxylic acids is 2. The fourth-order valence-electron chi connectivity index (χ4n) is 9.97. The molecule has 500 valence electrons. The number of carbonyl (C=O) groups excluding carboxylic acids is 2. The number of nitrogens with one attached hydrogen (secondary N) is 2. The maximum absolute atomic E-state index is 11.8. The zero-order valence-electron chi connectivity index (χ0n) is 62.8. The first-order valence-electron chi connectivity index (χ1n) is 31.1. The van der Waals surface area contributed by atoms with Gasteiger partial charge in [-0.3, -0.25) is 4.79 Å². The van der Waals surface area contributed by atoms with Crippen LogP contribution >= 0.6 is 0 Å². The molecule has 2 fully saturated rings. The molecule has 2 saturated carbocycles. The number of nitrogens with two attached hydrogens (primary N) is 2. The summed E-state index contributed by atoms with van der Waals surface area (Å²) in [4.78, 5) is 46.8. The van der Waals surface area contributed by atoms with Crippen LogP contribution in [0.1, 0.15) is 240 Å². The molecule has 0 aromatic carbocycles. The molecule has 86 heavy (non-hydrogen) atoms. The molecule has 0 heterocycles. The molecule has 0 spiro atoms. The van der Waals surface area contributed by atoms with Crippen LogP contribution in [-0.4, -0.2) is 104 Å². The molecule has 4 unspecified atom stereocenters. The van der Waals surface area contributed by atoms with Gasteiger partial charge in [-0.15, -0.1) is 45.8 Å². The van der Waals surface area contributed by atoms with Crippen LogP contribution in [0.15, 0.2) is 12.7 Å². The van der Waals surface area contributed by atoms with E-state index in [0.717, 1.165) is 83.1 Å². The van der Waals surface area contributed by atoms with Crippen molar-refractivity contribution in [3.8, 4) is 0 Å². The molecule has 2 aliphatic carbocycles. The van der Waals surface area contributed by atoms with Crippen molar-refractivity contribution in [3.05, 3.63) is 46.6 Å². The van der Waals surface area contributed by atoms with Gasteiger partial charge in [0.05, 0.1) is 0 Å². The Morgan fingerprint density at radius 2 is 0.791 bits per heavy atom. The van der Waals surface area contributed by atoms with E-state index >= 15 is 0 Å². The third-order valence-electron chi connectivity index (χ3n) is 13.3. The van der Waals surface area contributed by atoms with Crippen LogP contribution in [0.5, 0.6) is 0 Å². The summed E-state index contributed by atoms with van der Waals surface area (Å²) in [5.74, 6) is -0.681. The van der Waals surface area contributed by atoms with Crippen molar-refractivity contribution in [2.45, 2.75) is 251 Å². The van der Waals surface area contributed by atoms with E-state index in [2.05, 4.69) is 208 Å². The van der Waals surface area contributed by atoms with Crippen molar-refractivity contribution in [2.24, 2.45) is 91.7 Å². The number of hydrogen-bond acceptors (Lipinski definition) is 7. The number of esters is 2. The second-order valence-electron chi connectivity index (χ2n) is 32.8. The fraction of sp³-hybridized carbons (Fsp3) is 0.912. The third-order valence-corrected chi connectivity index (χ3v) is 13.3. The fourth-order valence-corrected chi connectivity index (χ4v) is 9.97. The van der Waals surface area contributed by atoms with E-state index in [1.165, 1.54) is 0 Å². The van der Waals surface area contributed by atoms with E-state index < -0.39 is 35.1 Å². The average Bonchev–Trinajstić information content (AvgIpc) is 3.83. The quantitative estimate of drug-likeness (QED) is 0.0559. The summed E-state index contributed by atoms with van der Waals surface area (Å²) < 4.78 is 10.7. The summed E-state index contributed by atoms with van der Waals surface area (Å²) in [7, 11) is 0. The maximum Gasteiger partial charge on any atom is 1.00 e. The first-order chi connectivity index (χ1) is 36.3. The Kier molecular flexibility index (Phi) is 62.9.